The molecule has 0 aliphatic carbocycles. The minimum absolute atomic E-state index is 0.148. The van der Waals surface area contributed by atoms with Crippen LogP contribution in [0.4, 0.5) is 18.9 Å². The monoisotopic (exact) mass is 525 g/mol. The molecule has 3 aromatic rings. The van der Waals surface area contributed by atoms with Gasteiger partial charge in [-0.05, 0) is 48.9 Å². The zero-order valence-corrected chi connectivity index (χ0v) is 21.1. The van der Waals surface area contributed by atoms with E-state index in [0.29, 0.717) is 36.3 Å². The molecular formula is C28H26F3N3O2S. The van der Waals surface area contributed by atoms with Gasteiger partial charge in [-0.3, -0.25) is 9.59 Å². The quantitative estimate of drug-likeness (QED) is 0.382. The molecule has 0 radical (unpaired) electrons. The molecule has 1 saturated heterocycles. The van der Waals surface area contributed by atoms with Gasteiger partial charge in [0.25, 0.3) is 11.8 Å². The number of alkyl halides is 3. The van der Waals surface area contributed by atoms with Crippen LogP contribution >= 0.6 is 11.3 Å². The van der Waals surface area contributed by atoms with Gasteiger partial charge in [0, 0.05) is 42.1 Å². The predicted molar refractivity (Wildman–Crippen MR) is 138 cm³/mol. The average molecular weight is 526 g/mol. The first-order valence-electron chi connectivity index (χ1n) is 12.1. The Labute approximate surface area is 217 Å². The molecule has 0 spiro atoms. The summed E-state index contributed by atoms with van der Waals surface area (Å²) >= 11 is 1.40. The summed E-state index contributed by atoms with van der Waals surface area (Å²) in [4.78, 5) is 31.5. The lowest BCUT2D eigenvalue weighted by Crippen LogP contribution is -2.37. The summed E-state index contributed by atoms with van der Waals surface area (Å²) in [7, 11) is 0. The first-order chi connectivity index (χ1) is 17.8. The van der Waals surface area contributed by atoms with Gasteiger partial charge in [-0.15, -0.1) is 11.3 Å². The van der Waals surface area contributed by atoms with Crippen LogP contribution in [0.15, 0.2) is 53.9 Å². The number of likely N-dealkylation sites (tertiary alicyclic amines) is 1. The zero-order valence-electron chi connectivity index (χ0n) is 20.3. The number of rotatable bonds is 5. The molecule has 5 nitrogen and oxygen atoms in total. The summed E-state index contributed by atoms with van der Waals surface area (Å²) in [5.74, 6) is 5.15. The Kier molecular flexibility index (Phi) is 8.29. The van der Waals surface area contributed by atoms with Crippen molar-refractivity contribution in [1.29, 1.82) is 0 Å². The average Bonchev–Trinajstić information content (AvgIpc) is 3.39. The highest BCUT2D eigenvalue weighted by molar-refractivity contribution is 7.10. The zero-order chi connectivity index (χ0) is 26.4. The number of nitrogens with zero attached hydrogens (tertiary/aromatic N) is 2. The van der Waals surface area contributed by atoms with Crippen LogP contribution in [0.3, 0.4) is 0 Å². The van der Waals surface area contributed by atoms with Crippen molar-refractivity contribution < 1.29 is 22.8 Å². The number of halogens is 3. The van der Waals surface area contributed by atoms with Gasteiger partial charge < -0.3 is 10.2 Å². The number of piperidine rings is 1. The summed E-state index contributed by atoms with van der Waals surface area (Å²) < 4.78 is 39.6. The van der Waals surface area contributed by atoms with E-state index in [9.17, 15) is 22.8 Å². The van der Waals surface area contributed by atoms with E-state index < -0.39 is 17.6 Å². The number of thiazole rings is 1. The molecule has 2 aromatic carbocycles. The molecule has 1 fully saturated rings. The maximum atomic E-state index is 13.2. The third-order valence-electron chi connectivity index (χ3n) is 6.13. The fourth-order valence-electron chi connectivity index (χ4n) is 4.14. The van der Waals surface area contributed by atoms with Gasteiger partial charge in [-0.2, -0.15) is 13.2 Å². The van der Waals surface area contributed by atoms with Crippen LogP contribution in [0.1, 0.15) is 59.6 Å². The van der Waals surface area contributed by atoms with E-state index in [0.717, 1.165) is 36.4 Å². The van der Waals surface area contributed by atoms with Crippen molar-refractivity contribution in [2.45, 2.75) is 44.7 Å². The van der Waals surface area contributed by atoms with Gasteiger partial charge in [0.05, 0.1) is 10.6 Å². The van der Waals surface area contributed by atoms with Crippen molar-refractivity contribution in [2.75, 3.05) is 18.4 Å². The number of aromatic nitrogens is 1. The molecule has 192 valence electrons. The number of nitrogens with one attached hydrogen (secondary N) is 1. The second-order valence-corrected chi connectivity index (χ2v) is 9.66. The topological polar surface area (TPSA) is 62.3 Å². The molecule has 0 unspecified atom stereocenters. The number of para-hydroxylation sites is 1. The molecule has 2 amide bonds. The predicted octanol–water partition coefficient (Wildman–Crippen LogP) is 6.59. The van der Waals surface area contributed by atoms with E-state index in [1.54, 1.807) is 40.6 Å². The van der Waals surface area contributed by atoms with Gasteiger partial charge >= 0.3 is 6.18 Å². The minimum Gasteiger partial charge on any atom is -0.332 e. The number of anilines is 1. The van der Waals surface area contributed by atoms with Crippen LogP contribution in [0.2, 0.25) is 0 Å². The molecule has 0 atom stereocenters. The van der Waals surface area contributed by atoms with Gasteiger partial charge in [-0.25, -0.2) is 4.98 Å². The summed E-state index contributed by atoms with van der Waals surface area (Å²) in [5.41, 5.74) is 0.734. The Balaban J connectivity index is 1.43. The third-order valence-corrected chi connectivity index (χ3v) is 7.14. The number of benzene rings is 2. The number of carbonyl (C=O) groups is 2. The standard InChI is InChI=1S/C28H26F3N3O2S/c1-2-3-4-12-25(35)34-15-13-19(14-16-34)27-33-24(18-37-27)26(36)32-23-11-6-5-10-22(23)20-8-7-9-21(17-20)28(29,30)31/h5-11,17-19H,2-3,13-16H2,1H3,(H,32,36). The molecule has 0 bridgehead atoms. The molecule has 1 aliphatic rings. The van der Waals surface area contributed by atoms with Crippen LogP contribution in [0.25, 0.3) is 11.1 Å². The van der Waals surface area contributed by atoms with Gasteiger partial charge in [0.15, 0.2) is 0 Å². The minimum atomic E-state index is -4.46. The van der Waals surface area contributed by atoms with Crippen LogP contribution < -0.4 is 5.32 Å². The maximum Gasteiger partial charge on any atom is 0.416 e. The number of hydrogen-bond donors (Lipinski definition) is 1. The highest BCUT2D eigenvalue weighted by atomic mass is 32.1. The second kappa shape index (κ2) is 11.6. The van der Waals surface area contributed by atoms with E-state index in [2.05, 4.69) is 22.1 Å². The van der Waals surface area contributed by atoms with Crippen LogP contribution in [-0.2, 0) is 11.0 Å². The number of amides is 2. The summed E-state index contributed by atoms with van der Waals surface area (Å²) in [6.45, 7) is 3.20. The first-order valence-corrected chi connectivity index (χ1v) is 13.0. The maximum absolute atomic E-state index is 13.2. The summed E-state index contributed by atoms with van der Waals surface area (Å²) in [6, 6.07) is 11.7. The number of hydrogen-bond acceptors (Lipinski definition) is 4. The molecule has 37 heavy (non-hydrogen) atoms. The largest absolute Gasteiger partial charge is 0.416 e. The van der Waals surface area contributed by atoms with E-state index in [-0.39, 0.29) is 17.5 Å². The van der Waals surface area contributed by atoms with Crippen LogP contribution in [-0.4, -0.2) is 34.8 Å². The van der Waals surface area contributed by atoms with Crippen LogP contribution in [0.5, 0.6) is 0 Å². The third kappa shape index (κ3) is 6.57. The van der Waals surface area contributed by atoms with Crippen molar-refractivity contribution in [3.05, 3.63) is 70.2 Å². The van der Waals surface area contributed by atoms with Crippen molar-refractivity contribution in [3.63, 3.8) is 0 Å². The van der Waals surface area contributed by atoms with Crippen molar-refractivity contribution >= 4 is 28.8 Å². The summed E-state index contributed by atoms with van der Waals surface area (Å²) in [6.07, 6.45) is -1.35. The Morgan fingerprint density at radius 2 is 1.89 bits per heavy atom. The van der Waals surface area contributed by atoms with Gasteiger partial charge in [0.1, 0.15) is 5.69 Å². The van der Waals surface area contributed by atoms with E-state index >= 15 is 0 Å². The lowest BCUT2D eigenvalue weighted by atomic mass is 9.97. The molecule has 2 heterocycles. The first kappa shape index (κ1) is 26.4. The van der Waals surface area contributed by atoms with Gasteiger partial charge in [0.2, 0.25) is 0 Å². The lowest BCUT2D eigenvalue weighted by molar-refractivity contribution is -0.137. The molecule has 1 aliphatic heterocycles. The smallest absolute Gasteiger partial charge is 0.332 e. The Morgan fingerprint density at radius 3 is 2.62 bits per heavy atom. The van der Waals surface area contributed by atoms with E-state index in [1.165, 1.54) is 17.4 Å². The number of unbranched alkanes of at least 4 members (excludes halogenated alkanes) is 1. The lowest BCUT2D eigenvalue weighted by Gasteiger charge is -2.29. The Bertz CT molecular complexity index is 1330. The van der Waals surface area contributed by atoms with Gasteiger partial charge in [-0.1, -0.05) is 43.2 Å². The molecular weight excluding hydrogens is 499 g/mol. The SMILES string of the molecule is CCCC#CC(=O)N1CCC(c2nc(C(=O)Nc3ccccc3-c3cccc(C(F)(F)F)c3)cs2)CC1. The Morgan fingerprint density at radius 1 is 1.14 bits per heavy atom. The van der Waals surface area contributed by atoms with E-state index in [1.807, 2.05) is 6.92 Å². The van der Waals surface area contributed by atoms with Crippen molar-refractivity contribution in [2.24, 2.45) is 0 Å². The fourth-order valence-corrected chi connectivity index (χ4v) is 5.12. The van der Waals surface area contributed by atoms with Crippen molar-refractivity contribution in [1.82, 2.24) is 9.88 Å². The van der Waals surface area contributed by atoms with E-state index in [4.69, 9.17) is 0 Å². The molecule has 1 N–H and O–H groups in total. The Hall–Kier alpha value is -3.64. The molecule has 0 saturated carbocycles. The number of carbonyl (C=O) groups excluding carboxylic acids is 2. The fraction of sp³-hybridized carbons (Fsp3) is 0.321. The summed E-state index contributed by atoms with van der Waals surface area (Å²) in [5, 5.41) is 5.32. The highest BCUT2D eigenvalue weighted by Crippen LogP contribution is 2.35. The van der Waals surface area contributed by atoms with Crippen LogP contribution in [0, 0.1) is 11.8 Å². The normalized spacial score (nSPS) is 14.1. The molecule has 9 heteroatoms. The molecule has 4 rings (SSSR count). The second-order valence-electron chi connectivity index (χ2n) is 8.77. The molecule has 1 aromatic heterocycles. The highest BCUT2D eigenvalue weighted by Gasteiger charge is 2.31. The van der Waals surface area contributed by atoms with Crippen molar-refractivity contribution in [3.8, 4) is 23.0 Å².